The van der Waals surface area contributed by atoms with Crippen molar-refractivity contribution in [2.75, 3.05) is 0 Å². The Morgan fingerprint density at radius 2 is 1.31 bits per heavy atom. The van der Waals surface area contributed by atoms with Gasteiger partial charge in [-0.3, -0.25) is 9.24 Å². The molecule has 0 saturated heterocycles. The van der Waals surface area contributed by atoms with Gasteiger partial charge in [0.1, 0.15) is 5.82 Å². The van der Waals surface area contributed by atoms with E-state index in [1.165, 1.54) is 116 Å². The van der Waals surface area contributed by atoms with E-state index in [9.17, 15) is 0 Å². The first-order chi connectivity index (χ1) is 32.0. The zero-order chi connectivity index (χ0) is 43.2. The Labute approximate surface area is 379 Å². The van der Waals surface area contributed by atoms with Crippen LogP contribution in [0.25, 0.3) is 83.6 Å². The maximum absolute atomic E-state index is 5.02. The minimum absolute atomic E-state index is 0.429. The summed E-state index contributed by atoms with van der Waals surface area (Å²) in [7, 11) is 0. The molecule has 0 fully saturated rings. The molecule has 13 rings (SSSR count). The summed E-state index contributed by atoms with van der Waals surface area (Å²) < 4.78 is 7.15. The van der Waals surface area contributed by atoms with Crippen molar-refractivity contribution in [3.63, 3.8) is 0 Å². The standard InChI is InChI=1S/C61H48N4/c1-39-25-27-62-61(29-39)64-57-23-21-47(45-17-9-15-43(30-45)41-11-5-3-6-12-41)32-53(57)55-34-49-19-20-50-35-56-54-33-48(46-18-10-16-44(31-46)42-13-7-4-8-14-42)22-24-58(54)65(63-28-26-40(2)38-63)60(56)37-52(50)51(49)36-59(55)64/h3-11,13-18,22,24-38,41H,12,19-21,23H2,1-2H3. The molecule has 10 aromatic rings. The van der Waals surface area contributed by atoms with Crippen molar-refractivity contribution in [3.05, 3.63) is 227 Å². The Kier molecular flexibility index (Phi) is 8.71. The zero-order valence-electron chi connectivity index (χ0n) is 36.8. The van der Waals surface area contributed by atoms with Crippen LogP contribution in [0.2, 0.25) is 0 Å². The van der Waals surface area contributed by atoms with Crippen molar-refractivity contribution >= 4 is 44.4 Å². The SMILES string of the molecule is Cc1ccnc(-n2c3c(c4cc5c(cc42)-c2cc4c(cc2CC5)c2cc(-c5cccc(-c6ccccc6)c5)ccc2n4-n2ccc(C)c2)C=C(c2cccc(C4C=CC=CC4)c2)CC3)c1. The maximum atomic E-state index is 5.02. The van der Waals surface area contributed by atoms with E-state index in [0.29, 0.717) is 5.92 Å². The summed E-state index contributed by atoms with van der Waals surface area (Å²) in [5.41, 5.74) is 23.3. The number of allylic oxidation sites excluding steroid dienone is 5. The molecule has 4 aromatic heterocycles. The normalized spacial score (nSPS) is 15.4. The molecule has 0 aliphatic heterocycles. The summed E-state index contributed by atoms with van der Waals surface area (Å²) in [6.07, 6.45) is 22.9. The lowest BCUT2D eigenvalue weighted by molar-refractivity contribution is 0.717. The van der Waals surface area contributed by atoms with Gasteiger partial charge in [0.05, 0.1) is 16.6 Å². The molecule has 1 atom stereocenters. The van der Waals surface area contributed by atoms with Crippen LogP contribution in [0.1, 0.15) is 63.4 Å². The van der Waals surface area contributed by atoms with E-state index >= 15 is 0 Å². The van der Waals surface area contributed by atoms with Gasteiger partial charge in [0, 0.05) is 51.9 Å². The van der Waals surface area contributed by atoms with Gasteiger partial charge in [-0.1, -0.05) is 103 Å². The minimum atomic E-state index is 0.429. The highest BCUT2D eigenvalue weighted by Crippen LogP contribution is 2.46. The quantitative estimate of drug-likeness (QED) is 0.164. The van der Waals surface area contributed by atoms with E-state index in [2.05, 4.69) is 210 Å². The molecule has 4 heteroatoms. The minimum Gasteiger partial charge on any atom is -0.298 e. The topological polar surface area (TPSA) is 27.7 Å². The molecule has 0 saturated carbocycles. The van der Waals surface area contributed by atoms with Gasteiger partial charge in [-0.15, -0.1) is 0 Å². The molecule has 65 heavy (non-hydrogen) atoms. The first-order valence-corrected chi connectivity index (χ1v) is 23.2. The van der Waals surface area contributed by atoms with Gasteiger partial charge in [-0.05, 0) is 185 Å². The van der Waals surface area contributed by atoms with Crippen molar-refractivity contribution in [1.29, 1.82) is 0 Å². The van der Waals surface area contributed by atoms with E-state index in [4.69, 9.17) is 4.98 Å². The maximum Gasteiger partial charge on any atom is 0.137 e. The summed E-state index contributed by atoms with van der Waals surface area (Å²) in [5.74, 6) is 1.42. The van der Waals surface area contributed by atoms with Crippen LogP contribution < -0.4 is 0 Å². The number of pyridine rings is 1. The van der Waals surface area contributed by atoms with Gasteiger partial charge in [-0.2, -0.15) is 0 Å². The Hall–Kier alpha value is -7.69. The van der Waals surface area contributed by atoms with Gasteiger partial charge in [0.25, 0.3) is 0 Å². The van der Waals surface area contributed by atoms with E-state index in [1.807, 2.05) is 6.20 Å². The molecule has 6 aromatic carbocycles. The molecule has 312 valence electrons. The van der Waals surface area contributed by atoms with Crippen LogP contribution in [0.3, 0.4) is 0 Å². The number of hydrogen-bond acceptors (Lipinski definition) is 1. The van der Waals surface area contributed by atoms with E-state index in [1.54, 1.807) is 0 Å². The molecule has 3 aliphatic rings. The monoisotopic (exact) mass is 836 g/mol. The molecule has 0 bridgehead atoms. The third-order valence-electron chi connectivity index (χ3n) is 14.4. The van der Waals surface area contributed by atoms with Crippen molar-refractivity contribution in [2.24, 2.45) is 0 Å². The number of nitrogens with zero attached hydrogens (tertiary/aromatic N) is 4. The molecule has 0 radical (unpaired) electrons. The fourth-order valence-corrected chi connectivity index (χ4v) is 11.1. The van der Waals surface area contributed by atoms with E-state index in [0.717, 1.165) is 37.9 Å². The number of fused-ring (bicyclic) bond motifs is 9. The summed E-state index contributed by atoms with van der Waals surface area (Å²) >= 11 is 0. The zero-order valence-corrected chi connectivity index (χ0v) is 36.8. The van der Waals surface area contributed by atoms with Crippen LogP contribution >= 0.6 is 0 Å². The predicted molar refractivity (Wildman–Crippen MR) is 271 cm³/mol. The number of rotatable bonds is 6. The second-order valence-electron chi connectivity index (χ2n) is 18.4. The molecule has 3 aliphatic carbocycles. The Morgan fingerprint density at radius 1 is 0.554 bits per heavy atom. The lowest BCUT2D eigenvalue weighted by atomic mass is 9.83. The first kappa shape index (κ1) is 37.8. The van der Waals surface area contributed by atoms with Gasteiger partial charge < -0.3 is 0 Å². The predicted octanol–water partition coefficient (Wildman–Crippen LogP) is 15.0. The highest BCUT2D eigenvalue weighted by atomic mass is 15.4. The molecule has 4 nitrogen and oxygen atoms in total. The van der Waals surface area contributed by atoms with Crippen molar-refractivity contribution in [2.45, 2.75) is 51.9 Å². The number of hydrogen-bond donors (Lipinski definition) is 0. The van der Waals surface area contributed by atoms with Crippen molar-refractivity contribution in [3.8, 4) is 39.2 Å². The number of aromatic nitrogens is 4. The molecule has 4 heterocycles. The van der Waals surface area contributed by atoms with Gasteiger partial charge in [0.15, 0.2) is 0 Å². The average Bonchev–Trinajstić information content (AvgIpc) is 4.03. The number of benzene rings is 6. The summed E-state index contributed by atoms with van der Waals surface area (Å²) in [6.45, 7) is 4.34. The van der Waals surface area contributed by atoms with Gasteiger partial charge in [-0.25, -0.2) is 9.66 Å². The van der Waals surface area contributed by atoms with Crippen LogP contribution in [0.5, 0.6) is 0 Å². The van der Waals surface area contributed by atoms with Gasteiger partial charge in [0.2, 0.25) is 0 Å². The van der Waals surface area contributed by atoms with Crippen LogP contribution in [0.4, 0.5) is 0 Å². The molecule has 0 spiro atoms. The molecule has 0 amide bonds. The van der Waals surface area contributed by atoms with E-state index < -0.39 is 0 Å². The first-order valence-electron chi connectivity index (χ1n) is 23.2. The summed E-state index contributed by atoms with van der Waals surface area (Å²) in [5, 5.41) is 3.88. The molecule has 0 N–H and O–H groups in total. The molecule has 1 unspecified atom stereocenters. The Bertz CT molecular complexity index is 3660. The van der Waals surface area contributed by atoms with Crippen LogP contribution in [0, 0.1) is 13.8 Å². The Morgan fingerprint density at radius 3 is 2.11 bits per heavy atom. The Balaban J connectivity index is 0.985. The van der Waals surface area contributed by atoms with Crippen LogP contribution in [-0.2, 0) is 19.3 Å². The largest absolute Gasteiger partial charge is 0.298 e. The van der Waals surface area contributed by atoms with E-state index in [-0.39, 0.29) is 0 Å². The third-order valence-corrected chi connectivity index (χ3v) is 14.4. The summed E-state index contributed by atoms with van der Waals surface area (Å²) in [4.78, 5) is 5.02. The fourth-order valence-electron chi connectivity index (χ4n) is 11.1. The second kappa shape index (κ2) is 15.0. The summed E-state index contributed by atoms with van der Waals surface area (Å²) in [6, 6.07) is 52.5. The van der Waals surface area contributed by atoms with Crippen molar-refractivity contribution < 1.29 is 0 Å². The van der Waals surface area contributed by atoms with Gasteiger partial charge >= 0.3 is 0 Å². The lowest BCUT2D eigenvalue weighted by Crippen LogP contribution is -2.08. The average molecular weight is 837 g/mol. The third kappa shape index (κ3) is 6.30. The molecular formula is C61H48N4. The lowest BCUT2D eigenvalue weighted by Gasteiger charge is -2.21. The smallest absolute Gasteiger partial charge is 0.137 e. The van der Waals surface area contributed by atoms with Crippen LogP contribution in [-0.4, -0.2) is 18.9 Å². The van der Waals surface area contributed by atoms with Crippen molar-refractivity contribution in [1.82, 2.24) is 18.9 Å². The fraction of sp³-hybridized carbons (Fsp3) is 0.131. The second-order valence-corrected chi connectivity index (χ2v) is 18.4. The highest BCUT2D eigenvalue weighted by molar-refractivity contribution is 6.11. The van der Waals surface area contributed by atoms with Crippen LogP contribution in [0.15, 0.2) is 182 Å². The highest BCUT2D eigenvalue weighted by Gasteiger charge is 2.27. The molecular weight excluding hydrogens is 789 g/mol. The number of aryl methyl sites for hydroxylation is 4.